The van der Waals surface area contributed by atoms with Gasteiger partial charge in [0.2, 0.25) is 0 Å². The van der Waals surface area contributed by atoms with Crippen molar-refractivity contribution < 1.29 is 5.11 Å². The van der Waals surface area contributed by atoms with Crippen LogP contribution in [-0.2, 0) is 6.54 Å². The summed E-state index contributed by atoms with van der Waals surface area (Å²) < 4.78 is 0. The zero-order chi connectivity index (χ0) is 9.80. The minimum absolute atomic E-state index is 0.324. The van der Waals surface area contributed by atoms with Crippen molar-refractivity contribution in [3.8, 4) is 0 Å². The Balaban J connectivity index is 1.80. The van der Waals surface area contributed by atoms with Crippen molar-refractivity contribution in [3.05, 3.63) is 24.0 Å². The standard InChI is InChI=1S/C11H18N2O/c14-8-10-2-1-3-11(10)13-7-9-4-5-12-6-9/h4-6,10-14H,1-3,7-8H2. The van der Waals surface area contributed by atoms with E-state index in [4.69, 9.17) is 5.11 Å². The first-order chi connectivity index (χ1) is 6.90. The Hall–Kier alpha value is -0.800. The fourth-order valence-electron chi connectivity index (χ4n) is 2.24. The highest BCUT2D eigenvalue weighted by atomic mass is 16.3. The quantitative estimate of drug-likeness (QED) is 0.676. The molecule has 3 nitrogen and oxygen atoms in total. The molecule has 0 saturated heterocycles. The maximum atomic E-state index is 9.15. The number of nitrogens with one attached hydrogen (secondary N) is 2. The van der Waals surface area contributed by atoms with Crippen LogP contribution in [0.15, 0.2) is 18.5 Å². The molecule has 0 bridgehead atoms. The van der Waals surface area contributed by atoms with Crippen LogP contribution < -0.4 is 5.32 Å². The number of hydrogen-bond acceptors (Lipinski definition) is 2. The molecule has 1 heterocycles. The summed E-state index contributed by atoms with van der Waals surface area (Å²) in [5.74, 6) is 0.467. The summed E-state index contributed by atoms with van der Waals surface area (Å²) in [7, 11) is 0. The molecule has 1 aromatic rings. The molecule has 2 rings (SSSR count). The van der Waals surface area contributed by atoms with Gasteiger partial charge in [0.15, 0.2) is 0 Å². The zero-order valence-electron chi connectivity index (χ0n) is 8.37. The summed E-state index contributed by atoms with van der Waals surface area (Å²) in [5, 5.41) is 12.7. The van der Waals surface area contributed by atoms with Crippen LogP contribution in [0.4, 0.5) is 0 Å². The van der Waals surface area contributed by atoms with E-state index < -0.39 is 0 Å². The first-order valence-electron chi connectivity index (χ1n) is 5.36. The maximum Gasteiger partial charge on any atom is 0.0474 e. The summed E-state index contributed by atoms with van der Waals surface area (Å²) in [6.45, 7) is 1.23. The van der Waals surface area contributed by atoms with Gasteiger partial charge in [0.25, 0.3) is 0 Å². The number of H-pyrrole nitrogens is 1. The summed E-state index contributed by atoms with van der Waals surface area (Å²) in [5.41, 5.74) is 1.29. The molecular weight excluding hydrogens is 176 g/mol. The normalized spacial score (nSPS) is 26.9. The second-order valence-corrected chi connectivity index (χ2v) is 4.08. The maximum absolute atomic E-state index is 9.15. The molecule has 0 aromatic carbocycles. The van der Waals surface area contributed by atoms with E-state index in [2.05, 4.69) is 16.4 Å². The van der Waals surface area contributed by atoms with Gasteiger partial charge in [-0.1, -0.05) is 6.42 Å². The second-order valence-electron chi connectivity index (χ2n) is 4.08. The van der Waals surface area contributed by atoms with Crippen molar-refractivity contribution >= 4 is 0 Å². The van der Waals surface area contributed by atoms with Crippen LogP contribution >= 0.6 is 0 Å². The third-order valence-corrected chi connectivity index (χ3v) is 3.12. The first-order valence-corrected chi connectivity index (χ1v) is 5.36. The van der Waals surface area contributed by atoms with Crippen LogP contribution in [0.25, 0.3) is 0 Å². The predicted molar refractivity (Wildman–Crippen MR) is 55.8 cm³/mol. The Morgan fingerprint density at radius 2 is 2.43 bits per heavy atom. The SMILES string of the molecule is OCC1CCCC1NCc1cc[nH]c1. The average molecular weight is 194 g/mol. The molecule has 0 amide bonds. The summed E-state index contributed by atoms with van der Waals surface area (Å²) in [6.07, 6.45) is 7.57. The van der Waals surface area contributed by atoms with E-state index in [9.17, 15) is 0 Å². The molecule has 3 N–H and O–H groups in total. The van der Waals surface area contributed by atoms with Crippen molar-refractivity contribution in [2.24, 2.45) is 5.92 Å². The van der Waals surface area contributed by atoms with Crippen LogP contribution in [0.2, 0.25) is 0 Å². The lowest BCUT2D eigenvalue weighted by Crippen LogP contribution is -2.33. The summed E-state index contributed by atoms with van der Waals surface area (Å²) in [6, 6.07) is 2.59. The minimum Gasteiger partial charge on any atom is -0.396 e. The smallest absolute Gasteiger partial charge is 0.0474 e. The van der Waals surface area contributed by atoms with Gasteiger partial charge in [0.05, 0.1) is 0 Å². The Labute approximate surface area is 84.5 Å². The fraction of sp³-hybridized carbons (Fsp3) is 0.636. The van der Waals surface area contributed by atoms with E-state index in [1.807, 2.05) is 12.4 Å². The Morgan fingerprint density at radius 3 is 3.14 bits per heavy atom. The van der Waals surface area contributed by atoms with Crippen LogP contribution in [0.5, 0.6) is 0 Å². The average Bonchev–Trinajstić information content (AvgIpc) is 2.85. The zero-order valence-corrected chi connectivity index (χ0v) is 8.37. The van der Waals surface area contributed by atoms with E-state index >= 15 is 0 Å². The second kappa shape index (κ2) is 4.62. The molecule has 1 aliphatic carbocycles. The monoisotopic (exact) mass is 194 g/mol. The van der Waals surface area contributed by atoms with E-state index in [0.717, 1.165) is 6.54 Å². The van der Waals surface area contributed by atoms with Gasteiger partial charge >= 0.3 is 0 Å². The molecule has 2 atom stereocenters. The van der Waals surface area contributed by atoms with Crippen molar-refractivity contribution in [1.29, 1.82) is 0 Å². The third kappa shape index (κ3) is 2.16. The van der Waals surface area contributed by atoms with Crippen molar-refractivity contribution in [2.45, 2.75) is 31.8 Å². The summed E-state index contributed by atoms with van der Waals surface area (Å²) >= 11 is 0. The number of aliphatic hydroxyl groups is 1. The van der Waals surface area contributed by atoms with Crippen LogP contribution in [0, 0.1) is 5.92 Å². The number of hydrogen-bond donors (Lipinski definition) is 3. The van der Waals surface area contributed by atoms with Gasteiger partial charge in [-0.25, -0.2) is 0 Å². The Kier molecular flexibility index (Phi) is 3.22. The van der Waals surface area contributed by atoms with Gasteiger partial charge in [-0.2, -0.15) is 0 Å². The lowest BCUT2D eigenvalue weighted by Gasteiger charge is -2.18. The highest BCUT2D eigenvalue weighted by Gasteiger charge is 2.25. The molecule has 1 aliphatic rings. The third-order valence-electron chi connectivity index (χ3n) is 3.12. The molecular formula is C11H18N2O. The molecule has 2 unspecified atom stereocenters. The van der Waals surface area contributed by atoms with Crippen molar-refractivity contribution in [3.63, 3.8) is 0 Å². The highest BCUT2D eigenvalue weighted by Crippen LogP contribution is 2.25. The largest absolute Gasteiger partial charge is 0.396 e. The minimum atomic E-state index is 0.324. The van der Waals surface area contributed by atoms with Gasteiger partial charge < -0.3 is 15.4 Å². The molecule has 1 aromatic heterocycles. The topological polar surface area (TPSA) is 48.0 Å². The summed E-state index contributed by atoms with van der Waals surface area (Å²) in [4.78, 5) is 3.04. The van der Waals surface area contributed by atoms with E-state index in [-0.39, 0.29) is 0 Å². The van der Waals surface area contributed by atoms with E-state index in [0.29, 0.717) is 18.6 Å². The number of aliphatic hydroxyl groups excluding tert-OH is 1. The number of aromatic nitrogens is 1. The van der Waals surface area contributed by atoms with Crippen LogP contribution in [-0.4, -0.2) is 22.7 Å². The lowest BCUT2D eigenvalue weighted by atomic mass is 10.1. The molecule has 3 heteroatoms. The lowest BCUT2D eigenvalue weighted by molar-refractivity contribution is 0.205. The van der Waals surface area contributed by atoms with Crippen LogP contribution in [0.1, 0.15) is 24.8 Å². The predicted octanol–water partition coefficient (Wildman–Crippen LogP) is 1.27. The molecule has 1 saturated carbocycles. The van der Waals surface area contributed by atoms with Crippen LogP contribution in [0.3, 0.4) is 0 Å². The van der Waals surface area contributed by atoms with Gasteiger partial charge in [-0.05, 0) is 30.4 Å². The molecule has 0 aliphatic heterocycles. The van der Waals surface area contributed by atoms with E-state index in [1.54, 1.807) is 0 Å². The van der Waals surface area contributed by atoms with Gasteiger partial charge in [-0.15, -0.1) is 0 Å². The fourth-order valence-corrected chi connectivity index (χ4v) is 2.24. The Bertz CT molecular complexity index is 258. The Morgan fingerprint density at radius 1 is 1.50 bits per heavy atom. The van der Waals surface area contributed by atoms with E-state index in [1.165, 1.54) is 24.8 Å². The van der Waals surface area contributed by atoms with Crippen molar-refractivity contribution in [2.75, 3.05) is 6.61 Å². The number of rotatable bonds is 4. The van der Waals surface area contributed by atoms with Gasteiger partial charge in [-0.3, -0.25) is 0 Å². The van der Waals surface area contributed by atoms with Gasteiger partial charge in [0.1, 0.15) is 0 Å². The van der Waals surface area contributed by atoms with Gasteiger partial charge in [0, 0.05) is 31.6 Å². The van der Waals surface area contributed by atoms with Crippen molar-refractivity contribution in [1.82, 2.24) is 10.3 Å². The highest BCUT2D eigenvalue weighted by molar-refractivity contribution is 5.08. The molecule has 1 fully saturated rings. The molecule has 14 heavy (non-hydrogen) atoms. The molecule has 78 valence electrons. The molecule has 0 radical (unpaired) electrons. The first kappa shape index (κ1) is 9.74. The molecule has 0 spiro atoms. The number of aromatic amines is 1.